The zero-order chi connectivity index (χ0) is 16.4. The lowest BCUT2D eigenvalue weighted by Gasteiger charge is -2.32. The van der Waals surface area contributed by atoms with Crippen molar-refractivity contribution in [1.82, 2.24) is 20.5 Å². The Hall–Kier alpha value is -1.96. The molecule has 0 bridgehead atoms. The van der Waals surface area contributed by atoms with Crippen molar-refractivity contribution in [1.29, 1.82) is 0 Å². The average molecular weight is 336 g/mol. The number of amides is 4. The molecular formula is C15H20N4O3S. The van der Waals surface area contributed by atoms with Gasteiger partial charge in [0.05, 0.1) is 5.01 Å². The Labute approximate surface area is 138 Å². The molecule has 124 valence electrons. The first kappa shape index (κ1) is 15.9. The summed E-state index contributed by atoms with van der Waals surface area (Å²) < 4.78 is 0. The Bertz CT molecular complexity index is 630. The van der Waals surface area contributed by atoms with Crippen molar-refractivity contribution in [3.05, 3.63) is 16.1 Å². The first-order valence-electron chi connectivity index (χ1n) is 7.84. The van der Waals surface area contributed by atoms with Crippen LogP contribution in [0.25, 0.3) is 0 Å². The van der Waals surface area contributed by atoms with Crippen LogP contribution in [-0.2, 0) is 9.59 Å². The van der Waals surface area contributed by atoms with Crippen LogP contribution in [0.2, 0.25) is 0 Å². The van der Waals surface area contributed by atoms with Crippen molar-refractivity contribution in [2.45, 2.75) is 44.6 Å². The molecule has 3 heterocycles. The normalized spacial score (nSPS) is 24.5. The molecule has 1 aromatic heterocycles. The maximum Gasteiger partial charge on any atom is 0.322 e. The van der Waals surface area contributed by atoms with E-state index in [2.05, 4.69) is 15.6 Å². The molecule has 0 unspecified atom stereocenters. The highest BCUT2D eigenvalue weighted by molar-refractivity contribution is 7.09. The molecule has 2 saturated heterocycles. The molecule has 2 N–H and O–H groups in total. The third-order valence-electron chi connectivity index (χ3n) is 4.27. The topological polar surface area (TPSA) is 91.4 Å². The fourth-order valence-electron chi connectivity index (χ4n) is 3.05. The Morgan fingerprint density at radius 3 is 2.96 bits per heavy atom. The number of carbonyl (C=O) groups excluding carboxylic acids is 3. The summed E-state index contributed by atoms with van der Waals surface area (Å²) in [7, 11) is 0. The summed E-state index contributed by atoms with van der Waals surface area (Å²) in [5.74, 6) is -0.00427. The number of aryl methyl sites for hydroxylation is 1. The van der Waals surface area contributed by atoms with Gasteiger partial charge >= 0.3 is 6.03 Å². The molecule has 3 rings (SSSR count). The maximum atomic E-state index is 12.4. The zero-order valence-corrected chi connectivity index (χ0v) is 13.8. The van der Waals surface area contributed by atoms with Gasteiger partial charge in [0.2, 0.25) is 5.91 Å². The lowest BCUT2D eigenvalue weighted by Crippen LogP contribution is -2.40. The van der Waals surface area contributed by atoms with Crippen LogP contribution in [-0.4, -0.2) is 46.9 Å². The monoisotopic (exact) mass is 336 g/mol. The number of hydrogen-bond donors (Lipinski definition) is 2. The third kappa shape index (κ3) is 3.69. The van der Waals surface area contributed by atoms with Crippen LogP contribution < -0.4 is 10.6 Å². The SMILES string of the molecule is Cc1csc([C@@H]2CCCN(C(=O)CC[C@@H]3NC(=O)NC3=O)C2)n1. The van der Waals surface area contributed by atoms with E-state index in [0.717, 1.165) is 30.1 Å². The summed E-state index contributed by atoms with van der Waals surface area (Å²) in [6.45, 7) is 3.42. The van der Waals surface area contributed by atoms with Crippen LogP contribution in [0.3, 0.4) is 0 Å². The highest BCUT2D eigenvalue weighted by Gasteiger charge is 2.31. The van der Waals surface area contributed by atoms with Crippen molar-refractivity contribution in [2.24, 2.45) is 0 Å². The fourth-order valence-corrected chi connectivity index (χ4v) is 3.98. The van der Waals surface area contributed by atoms with Gasteiger partial charge in [-0.1, -0.05) is 0 Å². The molecule has 0 aliphatic carbocycles. The van der Waals surface area contributed by atoms with Gasteiger partial charge in [-0.25, -0.2) is 9.78 Å². The summed E-state index contributed by atoms with van der Waals surface area (Å²) in [5, 5.41) is 7.84. The van der Waals surface area contributed by atoms with Gasteiger partial charge in [0.25, 0.3) is 5.91 Å². The number of aromatic nitrogens is 1. The zero-order valence-electron chi connectivity index (χ0n) is 13.0. The Morgan fingerprint density at radius 2 is 2.30 bits per heavy atom. The molecule has 2 aliphatic heterocycles. The van der Waals surface area contributed by atoms with E-state index in [-0.39, 0.29) is 18.2 Å². The molecule has 0 saturated carbocycles. The Balaban J connectivity index is 1.53. The van der Waals surface area contributed by atoms with Gasteiger partial charge in [0.1, 0.15) is 6.04 Å². The van der Waals surface area contributed by atoms with Gasteiger partial charge in [-0.15, -0.1) is 11.3 Å². The molecule has 0 spiro atoms. The van der Waals surface area contributed by atoms with Crippen LogP contribution in [0.15, 0.2) is 5.38 Å². The Kier molecular flexibility index (Phi) is 4.61. The van der Waals surface area contributed by atoms with E-state index in [0.29, 0.717) is 18.9 Å². The van der Waals surface area contributed by atoms with Crippen LogP contribution in [0.1, 0.15) is 42.3 Å². The van der Waals surface area contributed by atoms with Crippen molar-refractivity contribution >= 4 is 29.2 Å². The number of urea groups is 1. The molecule has 7 nitrogen and oxygen atoms in total. The highest BCUT2D eigenvalue weighted by Crippen LogP contribution is 2.29. The van der Waals surface area contributed by atoms with E-state index in [4.69, 9.17) is 0 Å². The summed E-state index contributed by atoms with van der Waals surface area (Å²) in [6, 6.07) is -1.07. The number of carbonyl (C=O) groups is 3. The molecule has 23 heavy (non-hydrogen) atoms. The number of rotatable bonds is 4. The largest absolute Gasteiger partial charge is 0.342 e. The van der Waals surface area contributed by atoms with Gasteiger partial charge in [-0.3, -0.25) is 14.9 Å². The molecule has 8 heteroatoms. The number of nitrogens with one attached hydrogen (secondary N) is 2. The second-order valence-electron chi connectivity index (χ2n) is 6.06. The molecule has 2 atom stereocenters. The molecule has 0 aromatic carbocycles. The molecule has 2 aliphatic rings. The van der Waals surface area contributed by atoms with Crippen molar-refractivity contribution < 1.29 is 14.4 Å². The minimum absolute atomic E-state index is 0.0388. The number of imide groups is 1. The molecule has 4 amide bonds. The minimum Gasteiger partial charge on any atom is -0.342 e. The summed E-state index contributed by atoms with van der Waals surface area (Å²) >= 11 is 1.65. The molecular weight excluding hydrogens is 316 g/mol. The van der Waals surface area contributed by atoms with Crippen LogP contribution in [0, 0.1) is 6.92 Å². The van der Waals surface area contributed by atoms with E-state index >= 15 is 0 Å². The van der Waals surface area contributed by atoms with E-state index in [1.54, 1.807) is 11.3 Å². The molecule has 0 radical (unpaired) electrons. The molecule has 2 fully saturated rings. The first-order chi connectivity index (χ1) is 11.0. The van der Waals surface area contributed by atoms with Gasteiger partial charge in [0, 0.05) is 36.5 Å². The fraction of sp³-hybridized carbons (Fsp3) is 0.600. The van der Waals surface area contributed by atoms with E-state index in [1.807, 2.05) is 17.2 Å². The predicted molar refractivity (Wildman–Crippen MR) is 85.1 cm³/mol. The predicted octanol–water partition coefficient (Wildman–Crippen LogP) is 1.15. The lowest BCUT2D eigenvalue weighted by atomic mass is 9.98. The maximum absolute atomic E-state index is 12.4. The number of piperidine rings is 1. The smallest absolute Gasteiger partial charge is 0.322 e. The number of likely N-dealkylation sites (tertiary alicyclic amines) is 1. The number of thiazole rings is 1. The minimum atomic E-state index is -0.589. The van der Waals surface area contributed by atoms with Crippen LogP contribution >= 0.6 is 11.3 Å². The number of hydrogen-bond acceptors (Lipinski definition) is 5. The lowest BCUT2D eigenvalue weighted by molar-refractivity contribution is -0.132. The second kappa shape index (κ2) is 6.66. The standard InChI is InChI=1S/C15H20N4O3S/c1-9-8-23-14(16-9)10-3-2-6-19(7-10)12(20)5-4-11-13(21)18-15(22)17-11/h8,10-11H,2-7H2,1H3,(H2,17,18,21,22)/t10-,11+/m1/s1. The average Bonchev–Trinajstić information content (AvgIpc) is 3.10. The summed E-state index contributed by atoms with van der Waals surface area (Å²) in [6.07, 6.45) is 2.63. The first-order valence-corrected chi connectivity index (χ1v) is 8.72. The summed E-state index contributed by atoms with van der Waals surface area (Å²) in [4.78, 5) is 41.3. The number of nitrogens with zero attached hydrogens (tertiary/aromatic N) is 2. The van der Waals surface area contributed by atoms with Crippen molar-refractivity contribution in [3.8, 4) is 0 Å². The van der Waals surface area contributed by atoms with E-state index in [9.17, 15) is 14.4 Å². The van der Waals surface area contributed by atoms with Crippen LogP contribution in [0.4, 0.5) is 4.79 Å². The second-order valence-corrected chi connectivity index (χ2v) is 6.95. The van der Waals surface area contributed by atoms with Crippen LogP contribution in [0.5, 0.6) is 0 Å². The summed E-state index contributed by atoms with van der Waals surface area (Å²) in [5.41, 5.74) is 1.02. The van der Waals surface area contributed by atoms with Crippen molar-refractivity contribution in [3.63, 3.8) is 0 Å². The highest BCUT2D eigenvalue weighted by atomic mass is 32.1. The van der Waals surface area contributed by atoms with E-state index in [1.165, 1.54) is 0 Å². The van der Waals surface area contributed by atoms with Gasteiger partial charge < -0.3 is 10.2 Å². The van der Waals surface area contributed by atoms with Gasteiger partial charge in [0.15, 0.2) is 0 Å². The quantitative estimate of drug-likeness (QED) is 0.807. The van der Waals surface area contributed by atoms with Gasteiger partial charge in [-0.2, -0.15) is 0 Å². The Morgan fingerprint density at radius 1 is 1.48 bits per heavy atom. The van der Waals surface area contributed by atoms with Crippen molar-refractivity contribution in [2.75, 3.05) is 13.1 Å². The third-order valence-corrected chi connectivity index (χ3v) is 5.39. The van der Waals surface area contributed by atoms with E-state index < -0.39 is 12.1 Å². The molecule has 1 aromatic rings. The van der Waals surface area contributed by atoms with Gasteiger partial charge in [-0.05, 0) is 26.2 Å².